The Kier molecular flexibility index (Phi) is 2.92. The monoisotopic (exact) mass is 286 g/mol. The van der Waals surface area contributed by atoms with Crippen LogP contribution >= 0.6 is 0 Å². The second-order valence-electron chi connectivity index (χ2n) is 6.28. The van der Waals surface area contributed by atoms with Crippen LogP contribution in [0.25, 0.3) is 12.2 Å². The number of nitrogens with zero attached hydrogens (tertiary/aromatic N) is 1. The molecule has 2 aliphatic carbocycles. The van der Waals surface area contributed by atoms with E-state index in [4.69, 9.17) is 5.73 Å². The largest absolute Gasteiger partial charge is 0.326 e. The molecular weight excluding hydrogens is 268 g/mol. The van der Waals surface area contributed by atoms with Crippen molar-refractivity contribution in [3.63, 3.8) is 0 Å². The van der Waals surface area contributed by atoms with Crippen LogP contribution in [0.4, 0.5) is 0 Å². The Morgan fingerprint density at radius 1 is 0.955 bits per heavy atom. The zero-order valence-corrected chi connectivity index (χ0v) is 12.4. The van der Waals surface area contributed by atoms with E-state index in [9.17, 15) is 5.26 Å². The summed E-state index contributed by atoms with van der Waals surface area (Å²) in [4.78, 5) is 0. The third-order valence-corrected chi connectivity index (χ3v) is 5.34. The van der Waals surface area contributed by atoms with Crippen LogP contribution in [0.3, 0.4) is 0 Å². The first-order valence-corrected chi connectivity index (χ1v) is 7.79. The molecule has 2 nitrogen and oxygen atoms in total. The predicted octanol–water partition coefficient (Wildman–Crippen LogP) is 3.72. The van der Waals surface area contributed by atoms with Gasteiger partial charge in [0.15, 0.2) is 0 Å². The Labute approximate surface area is 130 Å². The summed E-state index contributed by atoms with van der Waals surface area (Å²) in [5.41, 5.74) is 11.4. The summed E-state index contributed by atoms with van der Waals surface area (Å²) in [7, 11) is 0. The number of nitrogens with two attached hydrogens (primary N) is 1. The van der Waals surface area contributed by atoms with Gasteiger partial charge in [0, 0.05) is 11.5 Å². The van der Waals surface area contributed by atoms with Crippen LogP contribution in [0.5, 0.6) is 0 Å². The molecular formula is C20H18N2. The Balaban J connectivity index is 2.06. The van der Waals surface area contributed by atoms with Crippen LogP contribution in [0, 0.1) is 17.2 Å². The molecule has 0 radical (unpaired) electrons. The van der Waals surface area contributed by atoms with Gasteiger partial charge in [-0.1, -0.05) is 60.7 Å². The Morgan fingerprint density at radius 2 is 1.50 bits per heavy atom. The fourth-order valence-corrected chi connectivity index (χ4v) is 4.27. The summed E-state index contributed by atoms with van der Waals surface area (Å²) in [6.07, 6.45) is 6.15. The molecule has 2 atom stereocenters. The van der Waals surface area contributed by atoms with Gasteiger partial charge in [0.2, 0.25) is 0 Å². The third-order valence-electron chi connectivity index (χ3n) is 5.34. The number of rotatable bonds is 0. The van der Waals surface area contributed by atoms with E-state index >= 15 is 0 Å². The number of hydrogen-bond donors (Lipinski definition) is 1. The molecule has 0 aromatic heterocycles. The first kappa shape index (κ1) is 13.3. The van der Waals surface area contributed by atoms with Gasteiger partial charge in [-0.25, -0.2) is 0 Å². The lowest BCUT2D eigenvalue weighted by Crippen LogP contribution is -2.45. The number of nitriles is 1. The van der Waals surface area contributed by atoms with Crippen molar-refractivity contribution in [3.8, 4) is 6.07 Å². The fourth-order valence-electron chi connectivity index (χ4n) is 4.27. The summed E-state index contributed by atoms with van der Waals surface area (Å²) in [6, 6.07) is 19.2. The summed E-state index contributed by atoms with van der Waals surface area (Å²) in [5, 5.41) is 9.47. The maximum Gasteiger partial charge on any atom is 0.0672 e. The standard InChI is InChI=1S/C20H18N2/c21-13-16-11-12-20(19(16)22)17-7-3-1-5-14(17)9-10-15-6-2-4-8-18(15)20/h1-10,16,19H,11-12,22H2. The zero-order chi connectivity index (χ0) is 15.2. The maximum atomic E-state index is 9.47. The van der Waals surface area contributed by atoms with Crippen molar-refractivity contribution in [2.24, 2.45) is 11.7 Å². The smallest absolute Gasteiger partial charge is 0.0672 e. The van der Waals surface area contributed by atoms with Crippen molar-refractivity contribution in [2.75, 3.05) is 0 Å². The van der Waals surface area contributed by atoms with Gasteiger partial charge >= 0.3 is 0 Å². The van der Waals surface area contributed by atoms with Gasteiger partial charge in [-0.05, 0) is 35.1 Å². The molecule has 0 amide bonds. The molecule has 2 aliphatic rings. The van der Waals surface area contributed by atoms with Gasteiger partial charge in [-0.15, -0.1) is 0 Å². The second-order valence-corrected chi connectivity index (χ2v) is 6.28. The molecule has 22 heavy (non-hydrogen) atoms. The van der Waals surface area contributed by atoms with Gasteiger partial charge < -0.3 is 5.73 Å². The van der Waals surface area contributed by atoms with E-state index in [0.29, 0.717) is 0 Å². The highest BCUT2D eigenvalue weighted by molar-refractivity contribution is 5.78. The van der Waals surface area contributed by atoms with Crippen molar-refractivity contribution < 1.29 is 0 Å². The van der Waals surface area contributed by atoms with Crippen molar-refractivity contribution in [1.29, 1.82) is 5.26 Å². The first-order chi connectivity index (χ1) is 10.8. The van der Waals surface area contributed by atoms with Crippen LogP contribution < -0.4 is 5.73 Å². The SMILES string of the molecule is N#CC1CCC2(c3ccccc3C=Cc3ccccc32)C1N. The molecule has 0 bridgehead atoms. The van der Waals surface area contributed by atoms with Gasteiger partial charge in [0.1, 0.15) is 0 Å². The van der Waals surface area contributed by atoms with E-state index in [1.807, 2.05) is 0 Å². The molecule has 1 saturated carbocycles. The highest BCUT2D eigenvalue weighted by Crippen LogP contribution is 2.51. The van der Waals surface area contributed by atoms with Crippen LogP contribution in [0.2, 0.25) is 0 Å². The molecule has 2 heteroatoms. The van der Waals surface area contributed by atoms with E-state index in [1.54, 1.807) is 0 Å². The summed E-state index contributed by atoms with van der Waals surface area (Å²) >= 11 is 0. The van der Waals surface area contributed by atoms with Crippen molar-refractivity contribution >= 4 is 12.2 Å². The van der Waals surface area contributed by atoms with E-state index in [1.165, 1.54) is 22.3 Å². The Morgan fingerprint density at radius 3 is 2.00 bits per heavy atom. The summed E-state index contributed by atoms with van der Waals surface area (Å²) < 4.78 is 0. The molecule has 1 spiro atoms. The second kappa shape index (κ2) is 4.83. The average molecular weight is 286 g/mol. The Hall–Kier alpha value is -2.37. The normalized spacial score (nSPS) is 24.4. The fraction of sp³-hybridized carbons (Fsp3) is 0.250. The van der Waals surface area contributed by atoms with Crippen LogP contribution in [-0.2, 0) is 5.41 Å². The number of fused-ring (bicyclic) bond motifs is 4. The van der Waals surface area contributed by atoms with E-state index in [0.717, 1.165) is 12.8 Å². The molecule has 108 valence electrons. The topological polar surface area (TPSA) is 49.8 Å². The molecule has 2 aromatic carbocycles. The number of benzene rings is 2. The summed E-state index contributed by atoms with van der Waals surface area (Å²) in [5.74, 6) is -0.0841. The average Bonchev–Trinajstić information content (AvgIpc) is 2.82. The molecule has 0 aliphatic heterocycles. The van der Waals surface area contributed by atoms with Gasteiger partial charge in [-0.2, -0.15) is 5.26 Å². The highest BCUT2D eigenvalue weighted by Gasteiger charge is 2.50. The lowest BCUT2D eigenvalue weighted by Gasteiger charge is -2.37. The van der Waals surface area contributed by atoms with Crippen molar-refractivity contribution in [2.45, 2.75) is 24.3 Å². The quantitative estimate of drug-likeness (QED) is 0.802. The first-order valence-electron chi connectivity index (χ1n) is 7.79. The van der Waals surface area contributed by atoms with Gasteiger partial charge in [0.05, 0.1) is 12.0 Å². The van der Waals surface area contributed by atoms with Crippen LogP contribution in [0.1, 0.15) is 35.1 Å². The molecule has 4 rings (SSSR count). The minimum Gasteiger partial charge on any atom is -0.326 e. The number of hydrogen-bond acceptors (Lipinski definition) is 2. The van der Waals surface area contributed by atoms with E-state index in [2.05, 4.69) is 66.8 Å². The summed E-state index contributed by atoms with van der Waals surface area (Å²) in [6.45, 7) is 0. The van der Waals surface area contributed by atoms with Gasteiger partial charge in [0.25, 0.3) is 0 Å². The molecule has 0 saturated heterocycles. The molecule has 0 heterocycles. The maximum absolute atomic E-state index is 9.47. The van der Waals surface area contributed by atoms with E-state index < -0.39 is 0 Å². The minimum absolute atomic E-state index is 0.0841. The zero-order valence-electron chi connectivity index (χ0n) is 12.4. The molecule has 2 aromatic rings. The lowest BCUT2D eigenvalue weighted by atomic mass is 9.68. The van der Waals surface area contributed by atoms with Crippen LogP contribution in [0.15, 0.2) is 48.5 Å². The highest BCUT2D eigenvalue weighted by atomic mass is 14.8. The minimum atomic E-state index is -0.253. The van der Waals surface area contributed by atoms with Crippen molar-refractivity contribution in [3.05, 3.63) is 70.8 Å². The van der Waals surface area contributed by atoms with Crippen LogP contribution in [-0.4, -0.2) is 6.04 Å². The van der Waals surface area contributed by atoms with Crippen molar-refractivity contribution in [1.82, 2.24) is 0 Å². The molecule has 1 fully saturated rings. The molecule has 2 N–H and O–H groups in total. The van der Waals surface area contributed by atoms with E-state index in [-0.39, 0.29) is 17.4 Å². The molecule has 2 unspecified atom stereocenters. The van der Waals surface area contributed by atoms with Gasteiger partial charge in [-0.3, -0.25) is 0 Å². The Bertz CT molecular complexity index is 748. The third kappa shape index (κ3) is 1.63. The predicted molar refractivity (Wildman–Crippen MR) is 88.9 cm³/mol. The lowest BCUT2D eigenvalue weighted by molar-refractivity contribution is 0.440.